The van der Waals surface area contributed by atoms with Gasteiger partial charge in [-0.2, -0.15) is 8.42 Å². The van der Waals surface area contributed by atoms with Gasteiger partial charge in [-0.05, 0) is 18.2 Å². The minimum absolute atomic E-state index is 0.0697. The van der Waals surface area contributed by atoms with Gasteiger partial charge in [0.25, 0.3) is 0 Å². The van der Waals surface area contributed by atoms with Crippen molar-refractivity contribution in [1.29, 1.82) is 0 Å². The maximum absolute atomic E-state index is 10.9. The van der Waals surface area contributed by atoms with E-state index in [9.17, 15) is 13.2 Å². The summed E-state index contributed by atoms with van der Waals surface area (Å²) in [7, 11) is -4.00. The molecule has 1 unspecified atom stereocenters. The smallest absolute Gasteiger partial charge is 0.337 e. The molecule has 0 rings (SSSR count). The van der Waals surface area contributed by atoms with Crippen LogP contribution in [0.1, 0.15) is 33.1 Å². The van der Waals surface area contributed by atoms with E-state index in [2.05, 4.69) is 15.3 Å². The number of unbranched alkanes of at least 4 members (excludes halogenated alkanes) is 1. The van der Waals surface area contributed by atoms with Gasteiger partial charge in [-0.3, -0.25) is 0 Å². The van der Waals surface area contributed by atoms with Crippen molar-refractivity contribution in [2.45, 2.75) is 39.2 Å². The van der Waals surface area contributed by atoms with Crippen LogP contribution in [0.25, 0.3) is 0 Å². The van der Waals surface area contributed by atoms with Crippen molar-refractivity contribution in [2.24, 2.45) is 5.14 Å². The van der Waals surface area contributed by atoms with E-state index in [1.807, 2.05) is 6.92 Å². The maximum atomic E-state index is 10.9. The Morgan fingerprint density at radius 3 is 2.60 bits per heavy atom. The van der Waals surface area contributed by atoms with Gasteiger partial charge < -0.3 is 10.2 Å². The van der Waals surface area contributed by atoms with Gasteiger partial charge in [0.15, 0.2) is 0 Å². The lowest BCUT2D eigenvalue weighted by Gasteiger charge is -2.12. The molecule has 15 heavy (non-hydrogen) atoms. The summed E-state index contributed by atoms with van der Waals surface area (Å²) in [5.74, 6) is 0. The Hall–Kier alpha value is -0.860. The highest BCUT2D eigenvalue weighted by molar-refractivity contribution is 7.87. The maximum Gasteiger partial charge on any atom is 0.427 e. The van der Waals surface area contributed by atoms with E-state index in [1.165, 1.54) is 4.89 Å². The summed E-state index contributed by atoms with van der Waals surface area (Å²) in [5.41, 5.74) is 0. The molecule has 1 atom stereocenters. The fraction of sp³-hybridized carbons (Fsp3) is 0.857. The van der Waals surface area contributed by atoms with Crippen molar-refractivity contribution in [3.63, 3.8) is 0 Å². The Labute approximate surface area is 89.5 Å². The van der Waals surface area contributed by atoms with Crippen LogP contribution in [0.5, 0.6) is 0 Å². The SMILES string of the molecule is CCCCC(C)NC(=O)ONS(N)(=O)=O. The summed E-state index contributed by atoms with van der Waals surface area (Å²) in [6.07, 6.45) is 1.94. The van der Waals surface area contributed by atoms with Crippen LogP contribution in [0.2, 0.25) is 0 Å². The predicted octanol–water partition coefficient (Wildman–Crippen LogP) is -0.000600. The summed E-state index contributed by atoms with van der Waals surface area (Å²) in [4.78, 5) is 16.5. The second-order valence-electron chi connectivity index (χ2n) is 3.21. The molecule has 0 aliphatic carbocycles. The van der Waals surface area contributed by atoms with Gasteiger partial charge in [-0.15, -0.1) is 0 Å². The highest BCUT2D eigenvalue weighted by Gasteiger charge is 2.10. The van der Waals surface area contributed by atoms with Crippen LogP contribution >= 0.6 is 0 Å². The van der Waals surface area contributed by atoms with Crippen LogP contribution in [-0.4, -0.2) is 20.6 Å². The lowest BCUT2D eigenvalue weighted by Crippen LogP contribution is -2.40. The Balaban J connectivity index is 3.74. The lowest BCUT2D eigenvalue weighted by molar-refractivity contribution is 0.121. The minimum Gasteiger partial charge on any atom is -0.337 e. The van der Waals surface area contributed by atoms with Crippen LogP contribution in [0.4, 0.5) is 4.79 Å². The molecule has 0 aromatic heterocycles. The van der Waals surface area contributed by atoms with Gasteiger partial charge >= 0.3 is 16.3 Å². The molecule has 4 N–H and O–H groups in total. The molecular formula is C7H17N3O4S. The molecular weight excluding hydrogens is 222 g/mol. The van der Waals surface area contributed by atoms with E-state index in [0.717, 1.165) is 19.3 Å². The zero-order valence-corrected chi connectivity index (χ0v) is 9.63. The monoisotopic (exact) mass is 239 g/mol. The van der Waals surface area contributed by atoms with Crippen molar-refractivity contribution in [2.75, 3.05) is 0 Å². The molecule has 0 aromatic rings. The van der Waals surface area contributed by atoms with Crippen molar-refractivity contribution < 1.29 is 18.0 Å². The Bertz CT molecular complexity index is 291. The zero-order valence-electron chi connectivity index (χ0n) is 8.82. The van der Waals surface area contributed by atoms with Crippen LogP contribution in [-0.2, 0) is 15.0 Å². The van der Waals surface area contributed by atoms with Gasteiger partial charge in [-0.1, -0.05) is 19.8 Å². The first kappa shape index (κ1) is 14.1. The molecule has 0 bridgehead atoms. The normalized spacial score (nSPS) is 13.3. The number of nitrogens with one attached hydrogen (secondary N) is 2. The van der Waals surface area contributed by atoms with Crippen LogP contribution < -0.4 is 15.3 Å². The first-order valence-electron chi connectivity index (χ1n) is 4.62. The van der Waals surface area contributed by atoms with Gasteiger partial charge in [0.1, 0.15) is 0 Å². The molecule has 0 radical (unpaired) electrons. The van der Waals surface area contributed by atoms with Crippen LogP contribution in [0.15, 0.2) is 0 Å². The molecule has 1 amide bonds. The fourth-order valence-electron chi connectivity index (χ4n) is 0.909. The van der Waals surface area contributed by atoms with Crippen molar-refractivity contribution in [3.05, 3.63) is 0 Å². The average Bonchev–Trinajstić information content (AvgIpc) is 2.10. The molecule has 0 aliphatic rings. The van der Waals surface area contributed by atoms with Crippen LogP contribution in [0, 0.1) is 0 Å². The molecule has 0 heterocycles. The summed E-state index contributed by atoms with van der Waals surface area (Å²) in [5, 5.41) is 6.99. The molecule has 7 nitrogen and oxygen atoms in total. The average molecular weight is 239 g/mol. The Kier molecular flexibility index (Phi) is 6.21. The highest BCUT2D eigenvalue weighted by atomic mass is 32.2. The molecule has 0 aliphatic heterocycles. The van der Waals surface area contributed by atoms with Gasteiger partial charge in [0.2, 0.25) is 0 Å². The number of rotatable bonds is 6. The molecule has 0 spiro atoms. The van der Waals surface area contributed by atoms with E-state index in [0.29, 0.717) is 0 Å². The van der Waals surface area contributed by atoms with Crippen molar-refractivity contribution >= 4 is 16.3 Å². The van der Waals surface area contributed by atoms with Gasteiger partial charge in [-0.25, -0.2) is 9.93 Å². The number of nitrogens with two attached hydrogens (primary N) is 1. The molecule has 0 saturated carbocycles. The van der Waals surface area contributed by atoms with E-state index in [4.69, 9.17) is 0 Å². The summed E-state index contributed by atoms with van der Waals surface area (Å²) in [6.45, 7) is 3.83. The number of amides is 1. The Morgan fingerprint density at radius 2 is 2.13 bits per heavy atom. The number of carbonyl (C=O) groups excluding carboxylic acids is 1. The first-order valence-corrected chi connectivity index (χ1v) is 6.16. The quantitative estimate of drug-likeness (QED) is 0.566. The number of hydrogen-bond acceptors (Lipinski definition) is 4. The van der Waals surface area contributed by atoms with Crippen LogP contribution in [0.3, 0.4) is 0 Å². The second-order valence-corrected chi connectivity index (χ2v) is 4.46. The Morgan fingerprint density at radius 1 is 1.53 bits per heavy atom. The standard InChI is InChI=1S/C7H17N3O4S/c1-3-4-5-6(2)9-7(11)14-10-15(8,12)13/h6,10H,3-5H2,1-2H3,(H,9,11)(H2,8,12,13). The van der Waals surface area contributed by atoms with E-state index in [-0.39, 0.29) is 6.04 Å². The van der Waals surface area contributed by atoms with E-state index < -0.39 is 16.3 Å². The van der Waals surface area contributed by atoms with E-state index in [1.54, 1.807) is 6.92 Å². The molecule has 0 aromatic carbocycles. The fourth-order valence-corrected chi connectivity index (χ4v) is 1.10. The molecule has 0 fully saturated rings. The largest absolute Gasteiger partial charge is 0.427 e. The lowest BCUT2D eigenvalue weighted by atomic mass is 10.1. The minimum atomic E-state index is -4.00. The molecule has 0 saturated heterocycles. The molecule has 8 heteroatoms. The third-order valence-corrected chi connectivity index (χ3v) is 1.92. The first-order chi connectivity index (χ1) is 6.85. The second kappa shape index (κ2) is 6.59. The number of carbonyl (C=O) groups is 1. The topological polar surface area (TPSA) is 111 Å². The summed E-state index contributed by atoms with van der Waals surface area (Å²) < 4.78 is 20.7. The van der Waals surface area contributed by atoms with Gasteiger partial charge in [0, 0.05) is 6.04 Å². The predicted molar refractivity (Wildman–Crippen MR) is 54.8 cm³/mol. The van der Waals surface area contributed by atoms with Crippen molar-refractivity contribution in [1.82, 2.24) is 10.2 Å². The van der Waals surface area contributed by atoms with E-state index >= 15 is 0 Å². The number of hydrogen-bond donors (Lipinski definition) is 3. The zero-order chi connectivity index (χ0) is 11.9. The third-order valence-electron chi connectivity index (χ3n) is 1.61. The summed E-state index contributed by atoms with van der Waals surface area (Å²) in [6, 6.07) is -0.0697. The molecule has 90 valence electrons. The van der Waals surface area contributed by atoms with Gasteiger partial charge in [0.05, 0.1) is 0 Å². The highest BCUT2D eigenvalue weighted by Crippen LogP contribution is 1.99. The van der Waals surface area contributed by atoms with Crippen molar-refractivity contribution in [3.8, 4) is 0 Å². The third kappa shape index (κ3) is 9.44. The summed E-state index contributed by atoms with van der Waals surface area (Å²) >= 11 is 0.